The molecule has 0 aliphatic rings. The molecule has 4 aromatic rings. The second-order valence-corrected chi connectivity index (χ2v) is 6.83. The van der Waals surface area contributed by atoms with E-state index < -0.39 is 11.2 Å². The Labute approximate surface area is 154 Å². The van der Waals surface area contributed by atoms with Crippen LogP contribution in [0.2, 0.25) is 0 Å². The van der Waals surface area contributed by atoms with Crippen LogP contribution >= 0.6 is 15.9 Å². The number of nitrogens with one attached hydrogen (secondary N) is 2. The Bertz CT molecular complexity index is 1310. The van der Waals surface area contributed by atoms with Gasteiger partial charge in [0.15, 0.2) is 0 Å². The first kappa shape index (κ1) is 16.3. The molecule has 8 heteroatoms. The third kappa shape index (κ3) is 2.64. The van der Waals surface area contributed by atoms with E-state index in [-0.39, 0.29) is 11.3 Å². The molecule has 0 unspecified atom stereocenters. The van der Waals surface area contributed by atoms with E-state index in [1.165, 1.54) is 12.3 Å². The predicted molar refractivity (Wildman–Crippen MR) is 104 cm³/mol. The summed E-state index contributed by atoms with van der Waals surface area (Å²) in [4.78, 5) is 30.8. The molecule has 0 aliphatic carbocycles. The average molecular weight is 413 g/mol. The zero-order valence-electron chi connectivity index (χ0n) is 13.6. The summed E-state index contributed by atoms with van der Waals surface area (Å²) in [6, 6.07) is 10.5. The molecule has 0 aliphatic heterocycles. The lowest BCUT2D eigenvalue weighted by molar-refractivity contribution is 0.474. The van der Waals surface area contributed by atoms with Crippen LogP contribution in [-0.2, 0) is 0 Å². The van der Waals surface area contributed by atoms with Gasteiger partial charge in [0.1, 0.15) is 11.3 Å². The Morgan fingerprint density at radius 1 is 1.12 bits per heavy atom. The monoisotopic (exact) mass is 412 g/mol. The summed E-state index contributed by atoms with van der Waals surface area (Å²) in [5, 5.41) is 14.6. The minimum absolute atomic E-state index is 0.0106. The van der Waals surface area contributed by atoms with Crippen LogP contribution < -0.4 is 11.2 Å². The first-order valence-corrected chi connectivity index (χ1v) is 8.53. The fraction of sp³-hybridized carbons (Fsp3) is 0.0556. The van der Waals surface area contributed by atoms with Gasteiger partial charge in [0.05, 0.1) is 11.7 Å². The molecule has 0 saturated heterocycles. The highest BCUT2D eigenvalue weighted by molar-refractivity contribution is 9.10. The number of fused-ring (bicyclic) bond motifs is 3. The van der Waals surface area contributed by atoms with E-state index in [1.807, 2.05) is 25.1 Å². The normalized spacial score (nSPS) is 11.8. The van der Waals surface area contributed by atoms with Crippen molar-refractivity contribution >= 4 is 44.1 Å². The molecule has 2 heterocycles. The largest absolute Gasteiger partial charge is 0.507 e. The Hall–Kier alpha value is -3.13. The summed E-state index contributed by atoms with van der Waals surface area (Å²) >= 11 is 3.30. The summed E-state index contributed by atoms with van der Waals surface area (Å²) in [7, 11) is 0. The van der Waals surface area contributed by atoms with Gasteiger partial charge in [-0.05, 0) is 37.3 Å². The van der Waals surface area contributed by atoms with E-state index in [4.69, 9.17) is 0 Å². The number of aromatic amines is 2. The molecular weight excluding hydrogens is 400 g/mol. The van der Waals surface area contributed by atoms with Crippen molar-refractivity contribution in [2.24, 2.45) is 5.10 Å². The third-order valence-corrected chi connectivity index (χ3v) is 4.58. The van der Waals surface area contributed by atoms with E-state index in [0.29, 0.717) is 11.1 Å². The lowest BCUT2D eigenvalue weighted by Gasteiger charge is -2.00. The van der Waals surface area contributed by atoms with Crippen molar-refractivity contribution in [1.82, 2.24) is 14.6 Å². The quantitative estimate of drug-likeness (QED) is 0.441. The van der Waals surface area contributed by atoms with Gasteiger partial charge in [-0.2, -0.15) is 5.10 Å². The van der Waals surface area contributed by atoms with Gasteiger partial charge in [-0.1, -0.05) is 27.6 Å². The van der Waals surface area contributed by atoms with Gasteiger partial charge in [-0.3, -0.25) is 4.79 Å². The fourth-order valence-corrected chi connectivity index (χ4v) is 3.19. The first-order valence-electron chi connectivity index (χ1n) is 7.74. The molecule has 2 aromatic carbocycles. The Balaban J connectivity index is 1.92. The van der Waals surface area contributed by atoms with Crippen molar-refractivity contribution < 1.29 is 5.11 Å². The van der Waals surface area contributed by atoms with Crippen LogP contribution in [0.1, 0.15) is 11.1 Å². The molecule has 0 atom stereocenters. The number of phenols is 1. The topological polar surface area (TPSA) is 103 Å². The molecule has 7 nitrogen and oxygen atoms in total. The van der Waals surface area contributed by atoms with Crippen molar-refractivity contribution in [3.63, 3.8) is 0 Å². The summed E-state index contributed by atoms with van der Waals surface area (Å²) in [6.07, 6.45) is 1.26. The van der Waals surface area contributed by atoms with Crippen molar-refractivity contribution in [2.75, 3.05) is 0 Å². The fourth-order valence-electron chi connectivity index (χ4n) is 2.81. The molecule has 0 bridgehead atoms. The first-order chi connectivity index (χ1) is 12.4. The highest BCUT2D eigenvalue weighted by Gasteiger charge is 2.12. The van der Waals surface area contributed by atoms with Crippen LogP contribution in [0.5, 0.6) is 5.75 Å². The van der Waals surface area contributed by atoms with E-state index >= 15 is 0 Å². The van der Waals surface area contributed by atoms with Gasteiger partial charge in [0.25, 0.3) is 0 Å². The zero-order chi connectivity index (χ0) is 18.4. The second-order valence-electron chi connectivity index (χ2n) is 5.92. The average Bonchev–Trinajstić information content (AvgIpc) is 2.96. The lowest BCUT2D eigenvalue weighted by atomic mass is 10.2. The lowest BCUT2D eigenvalue weighted by Crippen LogP contribution is -2.32. The number of aromatic hydroxyl groups is 1. The van der Waals surface area contributed by atoms with Gasteiger partial charge < -0.3 is 15.1 Å². The molecule has 4 rings (SSSR count). The molecule has 26 heavy (non-hydrogen) atoms. The van der Waals surface area contributed by atoms with Gasteiger partial charge in [0.2, 0.25) is 0 Å². The van der Waals surface area contributed by atoms with E-state index in [0.717, 1.165) is 25.6 Å². The molecule has 130 valence electrons. The Kier molecular flexibility index (Phi) is 3.77. The van der Waals surface area contributed by atoms with Gasteiger partial charge >= 0.3 is 11.2 Å². The maximum absolute atomic E-state index is 12.7. The zero-order valence-corrected chi connectivity index (χ0v) is 15.2. The summed E-state index contributed by atoms with van der Waals surface area (Å²) in [5.74, 6) is -0.0106. The van der Waals surface area contributed by atoms with Crippen LogP contribution in [0.4, 0.5) is 0 Å². The van der Waals surface area contributed by atoms with Crippen LogP contribution in [-0.4, -0.2) is 26.0 Å². The number of aromatic nitrogens is 3. The molecule has 0 amide bonds. The highest BCUT2D eigenvalue weighted by Crippen LogP contribution is 2.22. The number of phenolic OH excluding ortho intramolecular Hbond substituents is 1. The standard InChI is InChI=1S/C18H13BrN4O3/c1-9-2-4-13-12(6-9)15-16(21-13)17(25)23(18(26)22-15)20-8-10-7-11(19)3-5-14(10)24/h2-8,21,24H,1H3,(H,22,26)/b20-8-. The predicted octanol–water partition coefficient (Wildman–Crippen LogP) is 2.83. The number of halogens is 1. The molecule has 0 radical (unpaired) electrons. The van der Waals surface area contributed by atoms with Crippen LogP contribution in [0.25, 0.3) is 21.9 Å². The van der Waals surface area contributed by atoms with E-state index in [2.05, 4.69) is 31.0 Å². The number of nitrogens with zero attached hydrogens (tertiary/aromatic N) is 2. The molecule has 3 N–H and O–H groups in total. The number of rotatable bonds is 2. The second kappa shape index (κ2) is 5.99. The highest BCUT2D eigenvalue weighted by atomic mass is 79.9. The number of aryl methyl sites for hydroxylation is 1. The summed E-state index contributed by atoms with van der Waals surface area (Å²) in [6.45, 7) is 1.94. The maximum Gasteiger partial charge on any atom is 0.350 e. The van der Waals surface area contributed by atoms with Crippen molar-refractivity contribution in [2.45, 2.75) is 6.92 Å². The molecule has 0 spiro atoms. The summed E-state index contributed by atoms with van der Waals surface area (Å²) < 4.78 is 1.46. The Morgan fingerprint density at radius 3 is 2.73 bits per heavy atom. The minimum atomic E-state index is -0.657. The summed E-state index contributed by atoms with van der Waals surface area (Å²) in [5.41, 5.74) is 1.64. The number of hydrogen-bond donors (Lipinski definition) is 3. The van der Waals surface area contributed by atoms with E-state index in [1.54, 1.807) is 12.1 Å². The van der Waals surface area contributed by atoms with Gasteiger partial charge in [-0.25, -0.2) is 4.79 Å². The van der Waals surface area contributed by atoms with Crippen LogP contribution in [0.15, 0.2) is 55.6 Å². The number of hydrogen-bond acceptors (Lipinski definition) is 4. The number of benzene rings is 2. The van der Waals surface area contributed by atoms with Crippen LogP contribution in [0.3, 0.4) is 0 Å². The molecule has 0 saturated carbocycles. The minimum Gasteiger partial charge on any atom is -0.507 e. The molecule has 2 aromatic heterocycles. The van der Waals surface area contributed by atoms with Gasteiger partial charge in [0, 0.05) is 20.9 Å². The van der Waals surface area contributed by atoms with E-state index in [9.17, 15) is 14.7 Å². The van der Waals surface area contributed by atoms with Crippen molar-refractivity contribution in [1.29, 1.82) is 0 Å². The van der Waals surface area contributed by atoms with Crippen molar-refractivity contribution in [3.05, 3.63) is 72.8 Å². The van der Waals surface area contributed by atoms with Gasteiger partial charge in [-0.15, -0.1) is 4.68 Å². The van der Waals surface area contributed by atoms with Crippen LogP contribution in [0, 0.1) is 6.92 Å². The number of H-pyrrole nitrogens is 2. The van der Waals surface area contributed by atoms with Crippen molar-refractivity contribution in [3.8, 4) is 5.75 Å². The Morgan fingerprint density at radius 2 is 1.92 bits per heavy atom. The molecule has 0 fully saturated rings. The molecular formula is C18H13BrN4O3. The third-order valence-electron chi connectivity index (χ3n) is 4.09. The SMILES string of the molecule is Cc1ccc2[nH]c3c(=O)n(/N=C\c4cc(Br)ccc4O)c(=O)[nH]c3c2c1. The smallest absolute Gasteiger partial charge is 0.350 e. The maximum atomic E-state index is 12.7.